The van der Waals surface area contributed by atoms with Crippen molar-refractivity contribution in [1.82, 2.24) is 10.3 Å². The average Bonchev–Trinajstić information content (AvgIpc) is 2.82. The van der Waals surface area contributed by atoms with E-state index in [1.54, 1.807) is 11.3 Å². The van der Waals surface area contributed by atoms with Crippen LogP contribution in [0.5, 0.6) is 0 Å². The molecule has 0 radical (unpaired) electrons. The summed E-state index contributed by atoms with van der Waals surface area (Å²) in [7, 11) is 0. The van der Waals surface area contributed by atoms with Crippen molar-refractivity contribution >= 4 is 45.0 Å². The lowest BCUT2D eigenvalue weighted by Gasteiger charge is -2.20. The van der Waals surface area contributed by atoms with Gasteiger partial charge < -0.3 is 10.6 Å². The lowest BCUT2D eigenvalue weighted by Crippen LogP contribution is -2.34. The SMILES string of the molecule is Cc1cc(C)c2nc(NC(=O)C3CCNCC3)sc2c1.Cl. The van der Waals surface area contributed by atoms with Gasteiger partial charge in [-0.3, -0.25) is 4.79 Å². The number of carbonyl (C=O) groups is 1. The van der Waals surface area contributed by atoms with E-state index in [0.29, 0.717) is 0 Å². The Balaban J connectivity index is 0.00000161. The molecule has 1 saturated heterocycles. The molecule has 114 valence electrons. The summed E-state index contributed by atoms with van der Waals surface area (Å²) >= 11 is 1.56. The van der Waals surface area contributed by atoms with E-state index in [0.717, 1.165) is 41.3 Å². The molecule has 0 bridgehead atoms. The van der Waals surface area contributed by atoms with Crippen molar-refractivity contribution in [3.05, 3.63) is 23.3 Å². The molecule has 1 aliphatic rings. The number of nitrogens with zero attached hydrogens (tertiary/aromatic N) is 1. The van der Waals surface area contributed by atoms with E-state index in [1.165, 1.54) is 11.1 Å². The highest BCUT2D eigenvalue weighted by Crippen LogP contribution is 2.29. The maximum absolute atomic E-state index is 12.2. The van der Waals surface area contributed by atoms with E-state index < -0.39 is 0 Å². The van der Waals surface area contributed by atoms with Crippen molar-refractivity contribution < 1.29 is 4.79 Å². The Kier molecular flexibility index (Phi) is 5.19. The van der Waals surface area contributed by atoms with Gasteiger partial charge >= 0.3 is 0 Å². The highest BCUT2D eigenvalue weighted by molar-refractivity contribution is 7.22. The second-order valence-electron chi connectivity index (χ2n) is 5.46. The third kappa shape index (κ3) is 3.54. The normalized spacial score (nSPS) is 15.7. The Morgan fingerprint density at radius 1 is 1.33 bits per heavy atom. The van der Waals surface area contributed by atoms with Crippen molar-refractivity contribution in [2.75, 3.05) is 18.4 Å². The van der Waals surface area contributed by atoms with Gasteiger partial charge in [0.25, 0.3) is 0 Å². The number of amides is 1. The number of rotatable bonds is 2. The Labute approximate surface area is 134 Å². The Bertz CT molecular complexity index is 650. The molecule has 1 aliphatic heterocycles. The van der Waals surface area contributed by atoms with E-state index in [4.69, 9.17) is 0 Å². The van der Waals surface area contributed by atoms with Crippen LogP contribution in [-0.4, -0.2) is 24.0 Å². The van der Waals surface area contributed by atoms with Gasteiger partial charge in [0.05, 0.1) is 10.2 Å². The summed E-state index contributed by atoms with van der Waals surface area (Å²) in [6, 6.07) is 4.25. The molecule has 2 N–H and O–H groups in total. The van der Waals surface area contributed by atoms with E-state index >= 15 is 0 Å². The Morgan fingerprint density at radius 3 is 2.76 bits per heavy atom. The first-order valence-electron chi connectivity index (χ1n) is 7.03. The van der Waals surface area contributed by atoms with Gasteiger partial charge in [-0.2, -0.15) is 0 Å². The molecule has 0 saturated carbocycles. The number of anilines is 1. The summed E-state index contributed by atoms with van der Waals surface area (Å²) in [5.41, 5.74) is 3.40. The number of hydrogen-bond donors (Lipinski definition) is 2. The van der Waals surface area contributed by atoms with E-state index in [1.807, 2.05) is 0 Å². The predicted octanol–water partition coefficient (Wildman–Crippen LogP) is 3.27. The molecule has 0 aliphatic carbocycles. The van der Waals surface area contributed by atoms with Crippen LogP contribution in [0.2, 0.25) is 0 Å². The van der Waals surface area contributed by atoms with E-state index in [-0.39, 0.29) is 24.2 Å². The molecule has 0 atom stereocenters. The number of thiazole rings is 1. The molecule has 0 unspecified atom stereocenters. The fraction of sp³-hybridized carbons (Fsp3) is 0.467. The molecule has 2 heterocycles. The maximum Gasteiger partial charge on any atom is 0.229 e. The van der Waals surface area contributed by atoms with Crippen molar-refractivity contribution in [1.29, 1.82) is 0 Å². The van der Waals surface area contributed by atoms with Crippen LogP contribution < -0.4 is 10.6 Å². The molecule has 1 fully saturated rings. The van der Waals surface area contributed by atoms with Crippen molar-refractivity contribution in [2.24, 2.45) is 5.92 Å². The molecular formula is C15H20ClN3OS. The fourth-order valence-corrected chi connectivity index (χ4v) is 3.76. The summed E-state index contributed by atoms with van der Waals surface area (Å²) in [5.74, 6) is 0.228. The summed E-state index contributed by atoms with van der Waals surface area (Å²) < 4.78 is 1.14. The molecule has 1 amide bonds. The quantitative estimate of drug-likeness (QED) is 0.891. The fourth-order valence-electron chi connectivity index (χ4n) is 2.72. The predicted molar refractivity (Wildman–Crippen MR) is 90.6 cm³/mol. The number of piperidine rings is 1. The minimum atomic E-state index is 0. The molecule has 1 aromatic heterocycles. The smallest absolute Gasteiger partial charge is 0.229 e. The topological polar surface area (TPSA) is 54.0 Å². The third-order valence-corrected chi connectivity index (χ3v) is 4.69. The molecule has 6 heteroatoms. The summed E-state index contributed by atoms with van der Waals surface area (Å²) in [4.78, 5) is 16.8. The summed E-state index contributed by atoms with van der Waals surface area (Å²) in [6.07, 6.45) is 1.82. The van der Waals surface area contributed by atoms with Crippen molar-refractivity contribution in [3.8, 4) is 0 Å². The zero-order valence-corrected chi connectivity index (χ0v) is 13.9. The summed E-state index contributed by atoms with van der Waals surface area (Å²) in [5, 5.41) is 6.98. The number of benzene rings is 1. The van der Waals surface area contributed by atoms with Crippen LogP contribution >= 0.6 is 23.7 Å². The molecule has 3 rings (SSSR count). The van der Waals surface area contributed by atoms with Gasteiger partial charge in [0.1, 0.15) is 0 Å². The van der Waals surface area contributed by atoms with Crippen LogP contribution in [0.1, 0.15) is 24.0 Å². The second-order valence-corrected chi connectivity index (χ2v) is 6.49. The number of aromatic nitrogens is 1. The van der Waals surface area contributed by atoms with Crippen molar-refractivity contribution in [2.45, 2.75) is 26.7 Å². The number of nitrogens with one attached hydrogen (secondary N) is 2. The van der Waals surface area contributed by atoms with Crippen LogP contribution in [0.25, 0.3) is 10.2 Å². The first kappa shape index (κ1) is 16.2. The number of halogens is 1. The number of hydrogen-bond acceptors (Lipinski definition) is 4. The maximum atomic E-state index is 12.2. The zero-order chi connectivity index (χ0) is 14.1. The monoisotopic (exact) mass is 325 g/mol. The number of fused-ring (bicyclic) bond motifs is 1. The van der Waals surface area contributed by atoms with Gasteiger partial charge in [-0.05, 0) is 57.0 Å². The molecule has 1 aromatic carbocycles. The Hall–Kier alpha value is -1.17. The Morgan fingerprint density at radius 2 is 2.05 bits per heavy atom. The standard InChI is InChI=1S/C15H19N3OS.ClH/c1-9-7-10(2)13-12(8-9)20-15(17-13)18-14(19)11-3-5-16-6-4-11;/h7-8,11,16H,3-6H2,1-2H3,(H,17,18,19);1H. The first-order chi connectivity index (χ1) is 9.63. The highest BCUT2D eigenvalue weighted by atomic mass is 35.5. The zero-order valence-electron chi connectivity index (χ0n) is 12.2. The molecule has 0 spiro atoms. The highest BCUT2D eigenvalue weighted by Gasteiger charge is 2.21. The van der Waals surface area contributed by atoms with Crippen LogP contribution in [0, 0.1) is 19.8 Å². The van der Waals surface area contributed by atoms with Crippen LogP contribution in [0.3, 0.4) is 0 Å². The van der Waals surface area contributed by atoms with Crippen LogP contribution in [0.4, 0.5) is 5.13 Å². The largest absolute Gasteiger partial charge is 0.317 e. The van der Waals surface area contributed by atoms with E-state index in [2.05, 4.69) is 41.6 Å². The second kappa shape index (κ2) is 6.73. The van der Waals surface area contributed by atoms with Gasteiger partial charge in [-0.15, -0.1) is 12.4 Å². The van der Waals surface area contributed by atoms with Gasteiger partial charge in [0.15, 0.2) is 5.13 Å². The van der Waals surface area contributed by atoms with Crippen LogP contribution in [0.15, 0.2) is 12.1 Å². The summed E-state index contributed by atoms with van der Waals surface area (Å²) in [6.45, 7) is 6.00. The van der Waals surface area contributed by atoms with Gasteiger partial charge in [0.2, 0.25) is 5.91 Å². The minimum Gasteiger partial charge on any atom is -0.317 e. The van der Waals surface area contributed by atoms with Gasteiger partial charge in [-0.1, -0.05) is 17.4 Å². The van der Waals surface area contributed by atoms with Gasteiger partial charge in [0, 0.05) is 5.92 Å². The lowest BCUT2D eigenvalue weighted by molar-refractivity contribution is -0.120. The number of aryl methyl sites for hydroxylation is 2. The lowest BCUT2D eigenvalue weighted by atomic mass is 9.97. The third-order valence-electron chi connectivity index (χ3n) is 3.77. The minimum absolute atomic E-state index is 0. The average molecular weight is 326 g/mol. The first-order valence-corrected chi connectivity index (χ1v) is 7.84. The number of carbonyl (C=O) groups excluding carboxylic acids is 1. The van der Waals surface area contributed by atoms with Crippen LogP contribution in [-0.2, 0) is 4.79 Å². The molecule has 21 heavy (non-hydrogen) atoms. The van der Waals surface area contributed by atoms with Gasteiger partial charge in [-0.25, -0.2) is 4.98 Å². The molecule has 4 nitrogen and oxygen atoms in total. The van der Waals surface area contributed by atoms with Crippen molar-refractivity contribution in [3.63, 3.8) is 0 Å². The molecular weight excluding hydrogens is 306 g/mol. The molecule has 2 aromatic rings. The van der Waals surface area contributed by atoms with E-state index in [9.17, 15) is 4.79 Å².